The molecule has 0 aromatic rings. The number of likely N-dealkylation sites (tertiary alicyclic amines) is 1. The minimum atomic E-state index is -0.469. The molecular formula is C28H44N2O6. The average Bonchev–Trinajstić information content (AvgIpc) is 2.86. The van der Waals surface area contributed by atoms with Crippen molar-refractivity contribution in [1.29, 1.82) is 0 Å². The summed E-state index contributed by atoms with van der Waals surface area (Å²) in [5.74, 6) is 1.64. The molecule has 8 heteroatoms. The number of hydrogen-bond donors (Lipinski definition) is 2. The van der Waals surface area contributed by atoms with Gasteiger partial charge in [-0.3, -0.25) is 4.79 Å². The van der Waals surface area contributed by atoms with E-state index >= 15 is 0 Å². The van der Waals surface area contributed by atoms with E-state index in [4.69, 9.17) is 9.47 Å². The summed E-state index contributed by atoms with van der Waals surface area (Å²) in [4.78, 5) is 28.3. The third-order valence-corrected chi connectivity index (χ3v) is 7.14. The van der Waals surface area contributed by atoms with E-state index < -0.39 is 5.60 Å². The molecule has 8 nitrogen and oxygen atoms in total. The zero-order chi connectivity index (χ0) is 26.1. The molecule has 0 aromatic heterocycles. The lowest BCUT2D eigenvalue weighted by molar-refractivity contribution is -0.136. The van der Waals surface area contributed by atoms with Gasteiger partial charge in [0.25, 0.3) is 0 Å². The number of nitrogens with zero attached hydrogens (tertiary/aromatic N) is 2. The molecule has 2 aliphatic carbocycles. The van der Waals surface area contributed by atoms with Crippen LogP contribution in [0.2, 0.25) is 0 Å². The minimum absolute atomic E-state index is 0.0279. The number of rotatable bonds is 9. The molecule has 0 spiro atoms. The predicted molar refractivity (Wildman–Crippen MR) is 138 cm³/mol. The Bertz CT molecular complexity index is 829. The van der Waals surface area contributed by atoms with Gasteiger partial charge in [0, 0.05) is 38.0 Å². The van der Waals surface area contributed by atoms with Gasteiger partial charge < -0.3 is 29.5 Å². The largest absolute Gasteiger partial charge is 0.494 e. The third-order valence-electron chi connectivity index (χ3n) is 7.14. The zero-order valence-corrected chi connectivity index (χ0v) is 22.2. The van der Waals surface area contributed by atoms with Crippen molar-refractivity contribution in [2.24, 2.45) is 17.8 Å². The Labute approximate surface area is 215 Å². The summed E-state index contributed by atoms with van der Waals surface area (Å²) in [5, 5.41) is 18.4. The van der Waals surface area contributed by atoms with Gasteiger partial charge in [0.15, 0.2) is 0 Å². The van der Waals surface area contributed by atoms with Crippen LogP contribution in [-0.4, -0.2) is 83.6 Å². The summed E-state index contributed by atoms with van der Waals surface area (Å²) < 4.78 is 11.6. The number of allylic oxidation sites excluding steroid dienone is 5. The molecule has 3 aliphatic rings. The first-order valence-electron chi connectivity index (χ1n) is 13.4. The van der Waals surface area contributed by atoms with Crippen molar-refractivity contribution >= 4 is 12.0 Å². The number of piperidine rings is 1. The standard InChI is InChI=1S/C28H44N2O6/c1-28(2,3)36-27(34)30-14-12-21(13-15-30)20-35-25-10-8-23(9-11-25)22-4-6-24(7-5-22)26(33)29(16-18-31)17-19-32/h4,8,10-11,21,23-24,31-32H,5-7,9,12-20H2,1-3H3. The lowest BCUT2D eigenvalue weighted by Gasteiger charge is -2.33. The van der Waals surface area contributed by atoms with Crippen molar-refractivity contribution in [3.8, 4) is 0 Å². The molecule has 202 valence electrons. The lowest BCUT2D eigenvalue weighted by atomic mass is 9.81. The molecule has 2 N–H and O–H groups in total. The van der Waals surface area contributed by atoms with E-state index in [1.807, 2.05) is 20.8 Å². The molecule has 0 saturated carbocycles. The van der Waals surface area contributed by atoms with Crippen molar-refractivity contribution in [1.82, 2.24) is 9.80 Å². The molecule has 1 saturated heterocycles. The zero-order valence-electron chi connectivity index (χ0n) is 22.2. The number of carbonyl (C=O) groups is 2. The first-order chi connectivity index (χ1) is 17.2. The first kappa shape index (κ1) is 28.3. The van der Waals surface area contributed by atoms with Gasteiger partial charge >= 0.3 is 6.09 Å². The summed E-state index contributed by atoms with van der Waals surface area (Å²) in [7, 11) is 0. The maximum Gasteiger partial charge on any atom is 0.410 e. The van der Waals surface area contributed by atoms with Crippen LogP contribution in [0.3, 0.4) is 0 Å². The van der Waals surface area contributed by atoms with E-state index in [0.29, 0.717) is 38.0 Å². The molecule has 2 unspecified atom stereocenters. The van der Waals surface area contributed by atoms with E-state index in [1.165, 1.54) is 5.57 Å². The number of ether oxygens (including phenoxy) is 2. The maximum atomic E-state index is 12.7. The average molecular weight is 505 g/mol. The summed E-state index contributed by atoms with van der Waals surface area (Å²) in [6.07, 6.45) is 13.5. The van der Waals surface area contributed by atoms with E-state index in [9.17, 15) is 19.8 Å². The Balaban J connectivity index is 1.39. The van der Waals surface area contributed by atoms with Gasteiger partial charge in [-0.15, -0.1) is 0 Å². The topological polar surface area (TPSA) is 99.5 Å². The second-order valence-corrected chi connectivity index (χ2v) is 11.1. The van der Waals surface area contributed by atoms with E-state index in [-0.39, 0.29) is 44.2 Å². The van der Waals surface area contributed by atoms with E-state index in [0.717, 1.165) is 37.9 Å². The van der Waals surface area contributed by atoms with Gasteiger partial charge in [-0.2, -0.15) is 0 Å². The first-order valence-corrected chi connectivity index (χ1v) is 13.4. The van der Waals surface area contributed by atoms with Gasteiger partial charge in [0.1, 0.15) is 11.4 Å². The molecule has 1 aliphatic heterocycles. The minimum Gasteiger partial charge on any atom is -0.494 e. The molecule has 2 atom stereocenters. The quantitative estimate of drug-likeness (QED) is 0.465. The molecule has 36 heavy (non-hydrogen) atoms. The van der Waals surface area contributed by atoms with Crippen LogP contribution in [0.15, 0.2) is 35.6 Å². The van der Waals surface area contributed by atoms with Crippen molar-refractivity contribution in [3.63, 3.8) is 0 Å². The van der Waals surface area contributed by atoms with Crippen molar-refractivity contribution < 1.29 is 29.3 Å². The molecule has 0 bridgehead atoms. The molecule has 0 radical (unpaired) electrons. The summed E-state index contributed by atoms with van der Waals surface area (Å²) in [5.41, 5.74) is 0.902. The normalized spacial score (nSPS) is 23.1. The van der Waals surface area contributed by atoms with Crippen molar-refractivity contribution in [2.75, 3.05) is 46.0 Å². The Morgan fingerprint density at radius 3 is 2.28 bits per heavy atom. The van der Waals surface area contributed by atoms with Crippen LogP contribution < -0.4 is 0 Å². The number of aliphatic hydroxyl groups is 2. The number of aliphatic hydroxyl groups excluding tert-OH is 2. The smallest absolute Gasteiger partial charge is 0.410 e. The van der Waals surface area contributed by atoms with Crippen LogP contribution in [0.1, 0.15) is 59.3 Å². The van der Waals surface area contributed by atoms with E-state index in [2.05, 4.69) is 24.3 Å². The number of hydrogen-bond acceptors (Lipinski definition) is 6. The van der Waals surface area contributed by atoms with Crippen LogP contribution >= 0.6 is 0 Å². The SMILES string of the molecule is CC(C)(C)OC(=O)N1CCC(COC2=CCC(C3=CCC(C(=O)N(CCO)CCO)CC3)C=C2)CC1. The Morgan fingerprint density at radius 1 is 1.06 bits per heavy atom. The Kier molecular flexibility index (Phi) is 10.4. The van der Waals surface area contributed by atoms with Crippen LogP contribution in [0.25, 0.3) is 0 Å². The van der Waals surface area contributed by atoms with E-state index in [1.54, 1.807) is 9.80 Å². The summed E-state index contributed by atoms with van der Waals surface area (Å²) in [6.45, 7) is 8.10. The highest BCUT2D eigenvalue weighted by molar-refractivity contribution is 5.79. The molecule has 2 amide bonds. The molecule has 0 aromatic carbocycles. The molecule has 3 rings (SSSR count). The third kappa shape index (κ3) is 8.37. The lowest BCUT2D eigenvalue weighted by Crippen LogP contribution is -2.42. The van der Waals surface area contributed by atoms with Gasteiger partial charge in [-0.1, -0.05) is 17.7 Å². The predicted octanol–water partition coefficient (Wildman–Crippen LogP) is 3.65. The van der Waals surface area contributed by atoms with Gasteiger partial charge in [-0.25, -0.2) is 4.79 Å². The summed E-state index contributed by atoms with van der Waals surface area (Å²) >= 11 is 0. The van der Waals surface area contributed by atoms with Crippen LogP contribution in [0, 0.1) is 17.8 Å². The van der Waals surface area contributed by atoms with Crippen LogP contribution in [0.4, 0.5) is 4.79 Å². The van der Waals surface area contributed by atoms with Crippen molar-refractivity contribution in [3.05, 3.63) is 35.6 Å². The van der Waals surface area contributed by atoms with Crippen LogP contribution in [0.5, 0.6) is 0 Å². The highest BCUT2D eigenvalue weighted by atomic mass is 16.6. The monoisotopic (exact) mass is 504 g/mol. The van der Waals surface area contributed by atoms with Gasteiger partial charge in [0.2, 0.25) is 5.91 Å². The second-order valence-electron chi connectivity index (χ2n) is 11.1. The highest BCUT2D eigenvalue weighted by Gasteiger charge is 2.29. The number of carbonyl (C=O) groups excluding carboxylic acids is 2. The van der Waals surface area contributed by atoms with Crippen molar-refractivity contribution in [2.45, 2.75) is 64.9 Å². The highest BCUT2D eigenvalue weighted by Crippen LogP contribution is 2.34. The molecular weight excluding hydrogens is 460 g/mol. The molecule has 1 heterocycles. The fraction of sp³-hybridized carbons (Fsp3) is 0.714. The fourth-order valence-electron chi connectivity index (χ4n) is 5.05. The fourth-order valence-corrected chi connectivity index (χ4v) is 5.05. The van der Waals surface area contributed by atoms with Crippen LogP contribution in [-0.2, 0) is 14.3 Å². The molecule has 1 fully saturated rings. The Morgan fingerprint density at radius 2 is 1.75 bits per heavy atom. The van der Waals surface area contributed by atoms with Gasteiger partial charge in [0.05, 0.1) is 19.8 Å². The second kappa shape index (κ2) is 13.3. The maximum absolute atomic E-state index is 12.7. The Hall–Kier alpha value is -2.32. The van der Waals surface area contributed by atoms with Gasteiger partial charge in [-0.05, 0) is 77.4 Å². The summed E-state index contributed by atoms with van der Waals surface area (Å²) in [6, 6.07) is 0. The number of amides is 2.